The molecule has 8 heteroatoms. The molecule has 0 aliphatic carbocycles. The maximum Gasteiger partial charge on any atom is 0.313 e. The third-order valence-corrected chi connectivity index (χ3v) is 11.0. The van der Waals surface area contributed by atoms with Gasteiger partial charge in [-0.15, -0.1) is 0 Å². The van der Waals surface area contributed by atoms with E-state index < -0.39 is 0 Å². The normalized spacial score (nSPS) is 12.2. The highest BCUT2D eigenvalue weighted by Gasteiger charge is 2.18. The average molecular weight is 818 g/mol. The van der Waals surface area contributed by atoms with E-state index >= 15 is 0 Å². The van der Waals surface area contributed by atoms with Crippen LogP contribution >= 0.6 is 0 Å². The number of unbranched alkanes of at least 4 members (excludes halogenated alkanes) is 18. The highest BCUT2D eigenvalue weighted by Crippen LogP contribution is 2.19. The van der Waals surface area contributed by atoms with E-state index in [0.717, 1.165) is 89.4 Å². The van der Waals surface area contributed by atoms with Gasteiger partial charge in [0.15, 0.2) is 0 Å². The predicted molar refractivity (Wildman–Crippen MR) is 242 cm³/mol. The van der Waals surface area contributed by atoms with Crippen LogP contribution in [0.25, 0.3) is 0 Å². The average Bonchev–Trinajstić information content (AvgIpc) is 3.21. The van der Waals surface area contributed by atoms with Crippen molar-refractivity contribution in [2.45, 2.75) is 207 Å². The van der Waals surface area contributed by atoms with Gasteiger partial charge in [-0.2, -0.15) is 0 Å². The first-order valence-electron chi connectivity index (χ1n) is 24.2. The van der Waals surface area contributed by atoms with E-state index in [-0.39, 0.29) is 30.6 Å². The van der Waals surface area contributed by atoms with Crippen molar-refractivity contribution in [3.8, 4) is 0 Å². The van der Waals surface area contributed by atoms with Crippen molar-refractivity contribution in [3.05, 3.63) is 35.4 Å². The van der Waals surface area contributed by atoms with Gasteiger partial charge in [-0.3, -0.25) is 9.59 Å². The lowest BCUT2D eigenvalue weighted by molar-refractivity contribution is -0.156. The molecule has 58 heavy (non-hydrogen) atoms. The Morgan fingerprint density at radius 1 is 0.586 bits per heavy atom. The van der Waals surface area contributed by atoms with Crippen LogP contribution in [0.1, 0.15) is 206 Å². The summed E-state index contributed by atoms with van der Waals surface area (Å²) in [7, 11) is 0. The van der Waals surface area contributed by atoms with Crippen molar-refractivity contribution < 1.29 is 33.6 Å². The fraction of sp³-hybridized carbons (Fsp3) is 0.840. The summed E-state index contributed by atoms with van der Waals surface area (Å²) in [6.45, 7) is 16.4. The summed E-state index contributed by atoms with van der Waals surface area (Å²) in [6, 6.07) is 8.36. The number of nitrogens with zero attached hydrogens (tertiary/aromatic N) is 1. The molecule has 1 rings (SSSR count). The first kappa shape index (κ1) is 54.0. The van der Waals surface area contributed by atoms with Crippen molar-refractivity contribution in [1.29, 1.82) is 0 Å². The molecule has 0 bridgehead atoms. The van der Waals surface area contributed by atoms with Gasteiger partial charge in [0.1, 0.15) is 6.10 Å². The summed E-state index contributed by atoms with van der Waals surface area (Å²) in [4.78, 5) is 28.1. The molecular weight excluding hydrogens is 727 g/mol. The fourth-order valence-corrected chi connectivity index (χ4v) is 7.33. The van der Waals surface area contributed by atoms with Crippen molar-refractivity contribution in [2.75, 3.05) is 59.3 Å². The van der Waals surface area contributed by atoms with E-state index in [4.69, 9.17) is 18.9 Å². The molecule has 0 aliphatic heterocycles. The van der Waals surface area contributed by atoms with E-state index in [1.165, 1.54) is 95.5 Å². The van der Waals surface area contributed by atoms with Crippen molar-refractivity contribution >= 4 is 11.9 Å². The van der Waals surface area contributed by atoms with Crippen LogP contribution in [-0.4, -0.2) is 87.3 Å². The highest BCUT2D eigenvalue weighted by atomic mass is 16.6. The van der Waals surface area contributed by atoms with Crippen LogP contribution in [0.2, 0.25) is 0 Å². The lowest BCUT2D eigenvalue weighted by Gasteiger charge is -2.22. The third-order valence-electron chi connectivity index (χ3n) is 11.0. The lowest BCUT2D eigenvalue weighted by atomic mass is 9.97. The fourth-order valence-electron chi connectivity index (χ4n) is 7.33. The molecule has 8 nitrogen and oxygen atoms in total. The zero-order chi connectivity index (χ0) is 42.3. The number of hydrogen-bond donors (Lipinski definition) is 1. The summed E-state index contributed by atoms with van der Waals surface area (Å²) in [5, 5.41) is 9.35. The topological polar surface area (TPSA) is 94.5 Å². The zero-order valence-electron chi connectivity index (χ0n) is 38.4. The molecule has 0 fully saturated rings. The molecule has 0 aromatic heterocycles. The predicted octanol–water partition coefficient (Wildman–Crippen LogP) is 12.2. The molecule has 0 amide bonds. The van der Waals surface area contributed by atoms with Gasteiger partial charge in [0, 0.05) is 26.2 Å². The second kappa shape index (κ2) is 39.2. The van der Waals surface area contributed by atoms with Crippen molar-refractivity contribution in [1.82, 2.24) is 4.90 Å². The molecule has 0 heterocycles. The monoisotopic (exact) mass is 818 g/mol. The quantitative estimate of drug-likeness (QED) is 0.0515. The van der Waals surface area contributed by atoms with E-state index in [0.29, 0.717) is 45.4 Å². The van der Waals surface area contributed by atoms with Gasteiger partial charge in [0.2, 0.25) is 0 Å². The Labute approximate surface area is 357 Å². The smallest absolute Gasteiger partial charge is 0.313 e. The van der Waals surface area contributed by atoms with Crippen LogP contribution in [0.3, 0.4) is 0 Å². The lowest BCUT2D eigenvalue weighted by Crippen LogP contribution is -2.30. The minimum absolute atomic E-state index is 0.158. The maximum absolute atomic E-state index is 13.0. The molecule has 1 N–H and O–H groups in total. The number of hydrogen-bond acceptors (Lipinski definition) is 8. The number of carbonyl (C=O) groups excluding carboxylic acids is 2. The van der Waals surface area contributed by atoms with Crippen LogP contribution in [0, 0.1) is 5.92 Å². The van der Waals surface area contributed by atoms with Gasteiger partial charge in [-0.1, -0.05) is 155 Å². The summed E-state index contributed by atoms with van der Waals surface area (Å²) < 4.78 is 23.6. The molecule has 1 unspecified atom stereocenters. The summed E-state index contributed by atoms with van der Waals surface area (Å²) >= 11 is 0. The molecule has 0 saturated carbocycles. The SMILES string of the molecule is CCCCCCCCCCOCC(COCCCCCCCCCC)OC(=O)CCCN(CCCCO)CCCCCCOC(=O)C(C)c1ccc(CC(C)C)cc1. The van der Waals surface area contributed by atoms with Crippen LogP contribution < -0.4 is 0 Å². The van der Waals surface area contributed by atoms with E-state index in [2.05, 4.69) is 56.9 Å². The van der Waals surface area contributed by atoms with E-state index in [1.54, 1.807) is 0 Å². The second-order valence-electron chi connectivity index (χ2n) is 17.2. The van der Waals surface area contributed by atoms with Crippen molar-refractivity contribution in [2.24, 2.45) is 5.92 Å². The van der Waals surface area contributed by atoms with Crippen molar-refractivity contribution in [3.63, 3.8) is 0 Å². The largest absolute Gasteiger partial charge is 0.465 e. The van der Waals surface area contributed by atoms with Crippen LogP contribution in [0.5, 0.6) is 0 Å². The number of esters is 2. The van der Waals surface area contributed by atoms with E-state index in [1.807, 2.05) is 6.92 Å². The molecule has 1 atom stereocenters. The molecule has 1 aromatic carbocycles. The minimum atomic E-state index is -0.375. The Morgan fingerprint density at radius 2 is 1.05 bits per heavy atom. The number of carbonyl (C=O) groups is 2. The Hall–Kier alpha value is -2.00. The van der Waals surface area contributed by atoms with Crippen LogP contribution in [0.15, 0.2) is 24.3 Å². The van der Waals surface area contributed by atoms with Crippen LogP contribution in [0.4, 0.5) is 0 Å². The van der Waals surface area contributed by atoms with E-state index in [9.17, 15) is 14.7 Å². The summed E-state index contributed by atoms with van der Waals surface area (Å²) in [5.41, 5.74) is 2.30. The van der Waals surface area contributed by atoms with Gasteiger partial charge in [0.05, 0.1) is 25.7 Å². The van der Waals surface area contributed by atoms with Gasteiger partial charge >= 0.3 is 11.9 Å². The molecule has 0 saturated heterocycles. The minimum Gasteiger partial charge on any atom is -0.465 e. The summed E-state index contributed by atoms with van der Waals surface area (Å²) in [5.74, 6) is 0.00367. The van der Waals surface area contributed by atoms with Gasteiger partial charge in [-0.25, -0.2) is 0 Å². The van der Waals surface area contributed by atoms with Gasteiger partial charge < -0.3 is 29.0 Å². The first-order valence-corrected chi connectivity index (χ1v) is 24.2. The number of rotatable bonds is 42. The van der Waals surface area contributed by atoms with Gasteiger partial charge in [0.25, 0.3) is 0 Å². The number of aliphatic hydroxyl groups excluding tert-OH is 1. The Morgan fingerprint density at radius 3 is 1.57 bits per heavy atom. The molecular formula is C50H91NO7. The number of ether oxygens (including phenoxy) is 4. The van der Waals surface area contributed by atoms with Crippen LogP contribution in [-0.2, 0) is 35.0 Å². The second-order valence-corrected chi connectivity index (χ2v) is 17.2. The molecule has 0 aliphatic rings. The first-order chi connectivity index (χ1) is 28.3. The molecule has 338 valence electrons. The standard InChI is InChI=1S/C50H91NO7/c1-6-8-10-12-14-16-19-25-38-55-42-48(43-56-39-26-20-17-15-13-11-9-7-2)58-49(53)29-28-36-51(35-23-24-37-52)34-22-18-21-27-40-57-50(54)45(5)47-32-30-46(31-33-47)41-44(3)4/h30-33,44-45,48,52H,6-29,34-43H2,1-5H3. The molecule has 0 spiro atoms. The number of benzene rings is 1. The van der Waals surface area contributed by atoms with Gasteiger partial charge in [-0.05, 0) is 95.0 Å². The Bertz CT molecular complexity index is 1040. The Balaban J connectivity index is 2.41. The Kier molecular flexibility index (Phi) is 36.5. The maximum atomic E-state index is 13.0. The summed E-state index contributed by atoms with van der Waals surface area (Å²) in [6.07, 6.45) is 27.6. The number of aliphatic hydroxyl groups is 1. The zero-order valence-corrected chi connectivity index (χ0v) is 38.4. The third kappa shape index (κ3) is 31.9. The molecule has 0 radical (unpaired) electrons. The molecule has 1 aromatic rings. The highest BCUT2D eigenvalue weighted by molar-refractivity contribution is 5.77.